The third-order valence-electron chi connectivity index (χ3n) is 2.82. The van der Waals surface area contributed by atoms with Crippen molar-refractivity contribution in [1.82, 2.24) is 9.97 Å². The average Bonchev–Trinajstić information content (AvgIpc) is 2.42. The van der Waals surface area contributed by atoms with Gasteiger partial charge in [0.15, 0.2) is 5.78 Å². The average molecular weight is 277 g/mol. The predicted octanol–water partition coefficient (Wildman–Crippen LogP) is 2.87. The number of halogens is 1. The number of hydrogen-bond donors (Lipinski definition) is 0. The molecule has 5 heteroatoms. The lowest BCUT2D eigenvalue weighted by Crippen LogP contribution is -2.07. The Labute approximate surface area is 116 Å². The number of carbonyl (C=O) groups is 1. The standard InChI is InChI=1S/C14H13ClN2O2/c1-9-11(4-3-5-12(9)15)13(18)6-10-7-14(19-2)17-8-16-10/h3-5,7-8H,6H2,1-2H3. The van der Waals surface area contributed by atoms with Crippen LogP contribution in [0.1, 0.15) is 21.6 Å². The summed E-state index contributed by atoms with van der Waals surface area (Å²) in [5.74, 6) is 0.418. The van der Waals surface area contributed by atoms with Gasteiger partial charge in [0, 0.05) is 16.7 Å². The van der Waals surface area contributed by atoms with E-state index in [2.05, 4.69) is 9.97 Å². The summed E-state index contributed by atoms with van der Waals surface area (Å²) in [5.41, 5.74) is 2.02. The van der Waals surface area contributed by atoms with Crippen LogP contribution in [0.5, 0.6) is 5.88 Å². The predicted molar refractivity (Wildman–Crippen MR) is 72.8 cm³/mol. The number of benzene rings is 1. The molecule has 0 spiro atoms. The molecule has 0 fully saturated rings. The van der Waals surface area contributed by atoms with Gasteiger partial charge in [-0.25, -0.2) is 9.97 Å². The lowest BCUT2D eigenvalue weighted by molar-refractivity contribution is 0.0991. The molecule has 1 aromatic carbocycles. The van der Waals surface area contributed by atoms with E-state index >= 15 is 0 Å². The van der Waals surface area contributed by atoms with Crippen molar-refractivity contribution in [2.45, 2.75) is 13.3 Å². The lowest BCUT2D eigenvalue weighted by Gasteiger charge is -2.06. The van der Waals surface area contributed by atoms with Crippen molar-refractivity contribution in [3.8, 4) is 5.88 Å². The van der Waals surface area contributed by atoms with Crippen molar-refractivity contribution in [2.75, 3.05) is 7.11 Å². The van der Waals surface area contributed by atoms with Crippen LogP contribution in [0.3, 0.4) is 0 Å². The number of nitrogens with zero attached hydrogens (tertiary/aromatic N) is 2. The summed E-state index contributed by atoms with van der Waals surface area (Å²) in [4.78, 5) is 20.2. The van der Waals surface area contributed by atoms with Crippen LogP contribution >= 0.6 is 11.6 Å². The molecule has 0 aliphatic heterocycles. The van der Waals surface area contributed by atoms with Crippen LogP contribution in [-0.4, -0.2) is 22.9 Å². The van der Waals surface area contributed by atoms with E-state index in [1.54, 1.807) is 24.3 Å². The maximum Gasteiger partial charge on any atom is 0.216 e. The maximum absolute atomic E-state index is 12.2. The first-order valence-corrected chi connectivity index (χ1v) is 6.13. The van der Waals surface area contributed by atoms with Crippen molar-refractivity contribution >= 4 is 17.4 Å². The van der Waals surface area contributed by atoms with E-state index in [1.807, 2.05) is 6.92 Å². The van der Waals surface area contributed by atoms with Gasteiger partial charge >= 0.3 is 0 Å². The molecule has 0 saturated carbocycles. The van der Waals surface area contributed by atoms with Gasteiger partial charge in [-0.05, 0) is 18.6 Å². The van der Waals surface area contributed by atoms with Crippen molar-refractivity contribution in [3.05, 3.63) is 52.4 Å². The number of ether oxygens (including phenoxy) is 1. The van der Waals surface area contributed by atoms with E-state index in [9.17, 15) is 4.79 Å². The summed E-state index contributed by atoms with van der Waals surface area (Å²) in [6, 6.07) is 6.95. The fourth-order valence-corrected chi connectivity index (χ4v) is 1.93. The zero-order chi connectivity index (χ0) is 13.8. The van der Waals surface area contributed by atoms with E-state index in [0.29, 0.717) is 22.2 Å². The molecule has 0 bridgehead atoms. The van der Waals surface area contributed by atoms with Gasteiger partial charge in [0.2, 0.25) is 5.88 Å². The molecule has 0 atom stereocenters. The topological polar surface area (TPSA) is 52.1 Å². The Hall–Kier alpha value is -1.94. The summed E-state index contributed by atoms with van der Waals surface area (Å²) >= 11 is 6.01. The normalized spacial score (nSPS) is 10.3. The Morgan fingerprint density at radius 3 is 2.89 bits per heavy atom. The molecule has 4 nitrogen and oxygen atoms in total. The van der Waals surface area contributed by atoms with E-state index in [0.717, 1.165) is 5.56 Å². The van der Waals surface area contributed by atoms with Gasteiger partial charge in [-0.3, -0.25) is 4.79 Å². The minimum atomic E-state index is -0.0271. The summed E-state index contributed by atoms with van der Waals surface area (Å²) in [6.45, 7) is 1.83. The molecule has 98 valence electrons. The van der Waals surface area contributed by atoms with Gasteiger partial charge in [0.1, 0.15) is 6.33 Å². The number of rotatable bonds is 4. The third kappa shape index (κ3) is 3.09. The van der Waals surface area contributed by atoms with Gasteiger partial charge in [-0.15, -0.1) is 0 Å². The summed E-state index contributed by atoms with van der Waals surface area (Å²) < 4.78 is 5.00. The molecule has 0 N–H and O–H groups in total. The van der Waals surface area contributed by atoms with Crippen LogP contribution in [0, 0.1) is 6.92 Å². The second-order valence-corrected chi connectivity index (χ2v) is 4.47. The van der Waals surface area contributed by atoms with Crippen molar-refractivity contribution in [3.63, 3.8) is 0 Å². The molecule has 0 radical (unpaired) electrons. The molecule has 2 aromatic rings. The number of Topliss-reactive ketones (excluding diaryl/α,β-unsaturated/α-hetero) is 1. The number of methoxy groups -OCH3 is 1. The number of aromatic nitrogens is 2. The highest BCUT2D eigenvalue weighted by Gasteiger charge is 2.13. The van der Waals surface area contributed by atoms with Crippen LogP contribution in [-0.2, 0) is 6.42 Å². The minimum Gasteiger partial charge on any atom is -0.481 e. The molecular formula is C14H13ClN2O2. The smallest absolute Gasteiger partial charge is 0.216 e. The molecule has 2 rings (SSSR count). The second kappa shape index (κ2) is 5.80. The molecule has 0 unspecified atom stereocenters. The quantitative estimate of drug-likeness (QED) is 0.806. The van der Waals surface area contributed by atoms with Crippen LogP contribution in [0.25, 0.3) is 0 Å². The first-order valence-electron chi connectivity index (χ1n) is 5.75. The van der Waals surface area contributed by atoms with Crippen LogP contribution in [0.15, 0.2) is 30.6 Å². The Balaban J connectivity index is 2.23. The first-order chi connectivity index (χ1) is 9.11. The van der Waals surface area contributed by atoms with Crippen LogP contribution < -0.4 is 4.74 Å². The first kappa shape index (κ1) is 13.5. The minimum absolute atomic E-state index is 0.0271. The van der Waals surface area contributed by atoms with Crippen molar-refractivity contribution in [2.24, 2.45) is 0 Å². The van der Waals surface area contributed by atoms with Gasteiger partial charge in [0.05, 0.1) is 19.2 Å². The van der Waals surface area contributed by atoms with E-state index in [4.69, 9.17) is 16.3 Å². The molecule has 0 amide bonds. The molecule has 19 heavy (non-hydrogen) atoms. The van der Waals surface area contributed by atoms with Crippen molar-refractivity contribution < 1.29 is 9.53 Å². The SMILES string of the molecule is COc1cc(CC(=O)c2cccc(Cl)c2C)ncn1. The summed E-state index contributed by atoms with van der Waals surface area (Å²) in [6.07, 6.45) is 1.58. The van der Waals surface area contributed by atoms with E-state index < -0.39 is 0 Å². The number of hydrogen-bond acceptors (Lipinski definition) is 4. The van der Waals surface area contributed by atoms with Gasteiger partial charge < -0.3 is 4.74 Å². The fraction of sp³-hybridized carbons (Fsp3) is 0.214. The van der Waals surface area contributed by atoms with Crippen LogP contribution in [0.4, 0.5) is 0 Å². The molecule has 1 aromatic heterocycles. The number of ketones is 1. The van der Waals surface area contributed by atoms with Gasteiger partial charge in [-0.1, -0.05) is 23.7 Å². The monoisotopic (exact) mass is 276 g/mol. The van der Waals surface area contributed by atoms with Crippen LogP contribution in [0.2, 0.25) is 5.02 Å². The van der Waals surface area contributed by atoms with Crippen molar-refractivity contribution in [1.29, 1.82) is 0 Å². The molecular weight excluding hydrogens is 264 g/mol. The summed E-state index contributed by atoms with van der Waals surface area (Å²) in [5, 5.41) is 0.589. The van der Waals surface area contributed by atoms with E-state index in [-0.39, 0.29) is 12.2 Å². The van der Waals surface area contributed by atoms with E-state index in [1.165, 1.54) is 13.4 Å². The largest absolute Gasteiger partial charge is 0.481 e. The Kier molecular flexibility index (Phi) is 4.12. The summed E-state index contributed by atoms with van der Waals surface area (Å²) in [7, 11) is 1.52. The second-order valence-electron chi connectivity index (χ2n) is 4.06. The zero-order valence-electron chi connectivity index (χ0n) is 10.7. The lowest BCUT2D eigenvalue weighted by atomic mass is 10.0. The highest BCUT2D eigenvalue weighted by Crippen LogP contribution is 2.20. The maximum atomic E-state index is 12.2. The highest BCUT2D eigenvalue weighted by atomic mass is 35.5. The molecule has 1 heterocycles. The Bertz CT molecular complexity index is 614. The van der Waals surface area contributed by atoms with Gasteiger partial charge in [0.25, 0.3) is 0 Å². The fourth-order valence-electron chi connectivity index (χ4n) is 1.75. The molecule has 0 saturated heterocycles. The molecule has 0 aliphatic rings. The Morgan fingerprint density at radius 1 is 1.37 bits per heavy atom. The van der Waals surface area contributed by atoms with Gasteiger partial charge in [-0.2, -0.15) is 0 Å². The zero-order valence-corrected chi connectivity index (χ0v) is 11.4. The third-order valence-corrected chi connectivity index (χ3v) is 3.23. The molecule has 0 aliphatic carbocycles. The highest BCUT2D eigenvalue weighted by molar-refractivity contribution is 6.31. The number of carbonyl (C=O) groups excluding carboxylic acids is 1. The Morgan fingerprint density at radius 2 is 2.16 bits per heavy atom.